The standard InChI is InChI=1S/C10H21ClN4O/c1-9(12)4-7-14(2)10(13-6-5-11)15(3)8-16/h5-6,9,16H,4,7-8,12H2,1-3H3/b6-5+,13-10-. The number of rotatable bonds is 5. The molecular weight excluding hydrogens is 228 g/mol. The van der Waals surface area contributed by atoms with Crippen molar-refractivity contribution in [2.24, 2.45) is 10.7 Å². The molecule has 0 saturated heterocycles. The highest BCUT2D eigenvalue weighted by Crippen LogP contribution is 1.98. The molecule has 0 bridgehead atoms. The van der Waals surface area contributed by atoms with E-state index >= 15 is 0 Å². The molecule has 0 amide bonds. The van der Waals surface area contributed by atoms with Gasteiger partial charge in [0.2, 0.25) is 5.96 Å². The van der Waals surface area contributed by atoms with Gasteiger partial charge < -0.3 is 20.6 Å². The molecule has 16 heavy (non-hydrogen) atoms. The second kappa shape index (κ2) is 8.38. The zero-order valence-electron chi connectivity index (χ0n) is 10.1. The summed E-state index contributed by atoms with van der Waals surface area (Å²) < 4.78 is 0. The molecule has 0 aliphatic carbocycles. The molecule has 5 nitrogen and oxygen atoms in total. The first kappa shape index (κ1) is 15.2. The lowest BCUT2D eigenvalue weighted by molar-refractivity contribution is 0.177. The Morgan fingerprint density at radius 3 is 2.56 bits per heavy atom. The molecule has 0 heterocycles. The Kier molecular flexibility index (Phi) is 7.97. The van der Waals surface area contributed by atoms with E-state index in [2.05, 4.69) is 4.99 Å². The van der Waals surface area contributed by atoms with Crippen LogP contribution in [0.3, 0.4) is 0 Å². The molecule has 0 aromatic carbocycles. The quantitative estimate of drug-likeness (QED) is 0.425. The van der Waals surface area contributed by atoms with Gasteiger partial charge in [0.1, 0.15) is 6.73 Å². The number of aliphatic hydroxyl groups is 1. The van der Waals surface area contributed by atoms with E-state index in [1.807, 2.05) is 18.9 Å². The number of hydrogen-bond donors (Lipinski definition) is 2. The molecule has 3 N–H and O–H groups in total. The van der Waals surface area contributed by atoms with E-state index in [1.54, 1.807) is 11.9 Å². The number of halogens is 1. The number of nitrogens with two attached hydrogens (primary N) is 1. The summed E-state index contributed by atoms with van der Waals surface area (Å²) in [6.45, 7) is 2.63. The van der Waals surface area contributed by atoms with Crippen LogP contribution < -0.4 is 5.73 Å². The predicted molar refractivity (Wildman–Crippen MR) is 68.2 cm³/mol. The van der Waals surface area contributed by atoms with Gasteiger partial charge in [-0.25, -0.2) is 4.99 Å². The van der Waals surface area contributed by atoms with E-state index in [0.717, 1.165) is 13.0 Å². The molecule has 0 aromatic rings. The molecule has 0 radical (unpaired) electrons. The Morgan fingerprint density at radius 1 is 1.50 bits per heavy atom. The van der Waals surface area contributed by atoms with E-state index in [-0.39, 0.29) is 12.8 Å². The third-order valence-corrected chi connectivity index (χ3v) is 2.17. The van der Waals surface area contributed by atoms with Crippen LogP contribution >= 0.6 is 11.6 Å². The van der Waals surface area contributed by atoms with Crippen molar-refractivity contribution in [3.8, 4) is 0 Å². The maximum Gasteiger partial charge on any atom is 0.202 e. The van der Waals surface area contributed by atoms with Crippen LogP contribution in [0.4, 0.5) is 0 Å². The van der Waals surface area contributed by atoms with Crippen LogP contribution in [0.1, 0.15) is 13.3 Å². The SMILES string of the molecule is CC(N)CCN(C)/C(=N/C=C/Cl)N(C)CO. The third-order valence-electron chi connectivity index (χ3n) is 2.06. The first-order valence-electron chi connectivity index (χ1n) is 5.14. The molecule has 0 aromatic heterocycles. The number of nitrogens with zero attached hydrogens (tertiary/aromatic N) is 3. The molecule has 0 saturated carbocycles. The Bertz CT molecular complexity index is 243. The first-order valence-corrected chi connectivity index (χ1v) is 5.58. The van der Waals surface area contributed by atoms with Gasteiger partial charge >= 0.3 is 0 Å². The zero-order chi connectivity index (χ0) is 12.6. The normalized spacial score (nSPS) is 14.2. The molecule has 0 spiro atoms. The number of aliphatic imine (C=N–C) groups is 1. The van der Waals surface area contributed by atoms with E-state index in [4.69, 9.17) is 22.4 Å². The average molecular weight is 249 g/mol. The summed E-state index contributed by atoms with van der Waals surface area (Å²) in [5, 5.41) is 9.07. The highest BCUT2D eigenvalue weighted by Gasteiger charge is 2.10. The molecule has 0 fully saturated rings. The highest BCUT2D eigenvalue weighted by molar-refractivity contribution is 6.25. The van der Waals surface area contributed by atoms with Crippen molar-refractivity contribution in [1.29, 1.82) is 0 Å². The summed E-state index contributed by atoms with van der Waals surface area (Å²) in [6, 6.07) is 0.145. The lowest BCUT2D eigenvalue weighted by Crippen LogP contribution is -2.42. The largest absolute Gasteiger partial charge is 0.376 e. The van der Waals surface area contributed by atoms with Gasteiger partial charge in [0.05, 0.1) is 0 Å². The van der Waals surface area contributed by atoms with Crippen molar-refractivity contribution in [3.05, 3.63) is 11.7 Å². The minimum absolute atomic E-state index is 0.0997. The monoisotopic (exact) mass is 248 g/mol. The maximum atomic E-state index is 9.07. The van der Waals surface area contributed by atoms with Gasteiger partial charge in [-0.3, -0.25) is 0 Å². The van der Waals surface area contributed by atoms with Gasteiger partial charge in [-0.15, -0.1) is 0 Å². The van der Waals surface area contributed by atoms with Gasteiger partial charge in [-0.05, 0) is 13.3 Å². The van der Waals surface area contributed by atoms with Gasteiger partial charge in [0, 0.05) is 38.4 Å². The lowest BCUT2D eigenvalue weighted by atomic mass is 10.2. The van der Waals surface area contributed by atoms with Crippen molar-refractivity contribution < 1.29 is 5.11 Å². The molecule has 6 heteroatoms. The van der Waals surface area contributed by atoms with E-state index in [1.165, 1.54) is 11.7 Å². The van der Waals surface area contributed by atoms with Gasteiger partial charge in [-0.1, -0.05) is 11.6 Å². The molecule has 0 aliphatic heterocycles. The van der Waals surface area contributed by atoms with Crippen LogP contribution in [-0.4, -0.2) is 54.3 Å². The van der Waals surface area contributed by atoms with Gasteiger partial charge in [0.25, 0.3) is 0 Å². The fourth-order valence-electron chi connectivity index (χ4n) is 1.14. The van der Waals surface area contributed by atoms with Crippen molar-refractivity contribution >= 4 is 17.6 Å². The van der Waals surface area contributed by atoms with Crippen LogP contribution in [0.2, 0.25) is 0 Å². The Hall–Kier alpha value is -0.780. The molecule has 1 atom stereocenters. The van der Waals surface area contributed by atoms with Crippen LogP contribution in [0.5, 0.6) is 0 Å². The van der Waals surface area contributed by atoms with Crippen LogP contribution in [0.15, 0.2) is 16.7 Å². The second-order valence-electron chi connectivity index (χ2n) is 3.73. The maximum absolute atomic E-state index is 9.07. The second-order valence-corrected chi connectivity index (χ2v) is 3.98. The van der Waals surface area contributed by atoms with Crippen LogP contribution in [0.25, 0.3) is 0 Å². The molecule has 0 aliphatic rings. The number of hydrogen-bond acceptors (Lipinski definition) is 3. The summed E-state index contributed by atoms with van der Waals surface area (Å²) in [5.74, 6) is 0.653. The van der Waals surface area contributed by atoms with Crippen molar-refractivity contribution in [2.75, 3.05) is 27.4 Å². The Morgan fingerprint density at radius 2 is 2.12 bits per heavy atom. The van der Waals surface area contributed by atoms with Gasteiger partial charge in [0.15, 0.2) is 0 Å². The molecule has 94 valence electrons. The molecule has 0 rings (SSSR count). The topological polar surface area (TPSA) is 65.1 Å². The van der Waals surface area contributed by atoms with Crippen LogP contribution in [0, 0.1) is 0 Å². The van der Waals surface area contributed by atoms with E-state index < -0.39 is 0 Å². The van der Waals surface area contributed by atoms with Gasteiger partial charge in [-0.2, -0.15) is 0 Å². The minimum Gasteiger partial charge on any atom is -0.376 e. The van der Waals surface area contributed by atoms with E-state index in [0.29, 0.717) is 5.96 Å². The fraction of sp³-hybridized carbons (Fsp3) is 0.700. The summed E-state index contributed by atoms with van der Waals surface area (Å²) in [5.41, 5.74) is 7.01. The minimum atomic E-state index is -0.0997. The summed E-state index contributed by atoms with van der Waals surface area (Å²) >= 11 is 5.42. The predicted octanol–water partition coefficient (Wildman–Crippen LogP) is 0.603. The highest BCUT2D eigenvalue weighted by atomic mass is 35.5. The smallest absolute Gasteiger partial charge is 0.202 e. The lowest BCUT2D eigenvalue weighted by Gasteiger charge is -2.27. The molecular formula is C10H21ClN4O. The van der Waals surface area contributed by atoms with Crippen molar-refractivity contribution in [3.63, 3.8) is 0 Å². The molecule has 1 unspecified atom stereocenters. The van der Waals surface area contributed by atoms with Crippen LogP contribution in [-0.2, 0) is 0 Å². The summed E-state index contributed by atoms with van der Waals surface area (Å²) in [4.78, 5) is 7.70. The fourth-order valence-corrected chi connectivity index (χ4v) is 1.20. The van der Waals surface area contributed by atoms with Crippen molar-refractivity contribution in [2.45, 2.75) is 19.4 Å². The first-order chi connectivity index (χ1) is 7.52. The Balaban J connectivity index is 4.50. The number of aliphatic hydroxyl groups excluding tert-OH is 1. The van der Waals surface area contributed by atoms with Crippen molar-refractivity contribution in [1.82, 2.24) is 9.80 Å². The number of guanidine groups is 1. The third kappa shape index (κ3) is 5.95. The average Bonchev–Trinajstić information content (AvgIpc) is 2.26. The summed E-state index contributed by atoms with van der Waals surface area (Å²) in [6.07, 6.45) is 2.34. The Labute approximate surface area is 102 Å². The van der Waals surface area contributed by atoms with E-state index in [9.17, 15) is 0 Å². The zero-order valence-corrected chi connectivity index (χ0v) is 10.9. The summed E-state index contributed by atoms with van der Waals surface area (Å²) in [7, 11) is 3.65.